The molecule has 134 valence electrons. The van der Waals surface area contributed by atoms with Gasteiger partial charge >= 0.3 is 0 Å². The Labute approximate surface area is 151 Å². The lowest BCUT2D eigenvalue weighted by atomic mass is 10.1. The Morgan fingerprint density at radius 2 is 1.85 bits per heavy atom. The monoisotopic (exact) mass is 372 g/mol. The molecule has 1 fully saturated rings. The SMILES string of the molecule is O=C1C=C[C@H]2[C@@H](S(=O)(=O)c3ccccc3)C[C@@H]1[NH+]2Cc1cccc(F)c1. The molecule has 4 atom stereocenters. The maximum absolute atomic E-state index is 13.5. The quantitative estimate of drug-likeness (QED) is 0.881. The molecule has 1 saturated heterocycles. The van der Waals surface area contributed by atoms with E-state index < -0.39 is 21.1 Å². The molecule has 2 aromatic rings. The number of ketones is 1. The lowest BCUT2D eigenvalue weighted by molar-refractivity contribution is -0.934. The van der Waals surface area contributed by atoms with Crippen molar-refractivity contribution < 1.29 is 22.5 Å². The Hall–Kier alpha value is -2.31. The first kappa shape index (κ1) is 17.1. The highest BCUT2D eigenvalue weighted by Gasteiger charge is 2.54. The molecule has 0 aromatic heterocycles. The molecule has 2 heterocycles. The van der Waals surface area contributed by atoms with E-state index in [2.05, 4.69) is 0 Å². The molecule has 2 bridgehead atoms. The Kier molecular flexibility index (Phi) is 4.25. The molecule has 1 unspecified atom stereocenters. The van der Waals surface area contributed by atoms with Crippen molar-refractivity contribution in [3.8, 4) is 0 Å². The highest BCUT2D eigenvalue weighted by molar-refractivity contribution is 7.92. The van der Waals surface area contributed by atoms with Crippen LogP contribution in [-0.2, 0) is 21.2 Å². The molecule has 4 rings (SSSR count). The average molecular weight is 372 g/mol. The Bertz CT molecular complexity index is 972. The summed E-state index contributed by atoms with van der Waals surface area (Å²) in [6.07, 6.45) is 3.51. The molecule has 2 aliphatic heterocycles. The van der Waals surface area contributed by atoms with Gasteiger partial charge in [0.2, 0.25) is 5.78 Å². The highest BCUT2D eigenvalue weighted by atomic mass is 32.2. The van der Waals surface area contributed by atoms with E-state index in [1.807, 2.05) is 0 Å². The number of fused-ring (bicyclic) bond motifs is 2. The number of benzene rings is 2. The Morgan fingerprint density at radius 1 is 1.08 bits per heavy atom. The second-order valence-corrected chi connectivity index (χ2v) is 9.02. The van der Waals surface area contributed by atoms with E-state index in [1.54, 1.807) is 48.5 Å². The van der Waals surface area contributed by atoms with E-state index >= 15 is 0 Å². The minimum Gasteiger partial charge on any atom is -0.315 e. The fraction of sp³-hybridized carbons (Fsp3) is 0.250. The van der Waals surface area contributed by atoms with Gasteiger partial charge < -0.3 is 4.90 Å². The van der Waals surface area contributed by atoms with Crippen molar-refractivity contribution >= 4 is 15.6 Å². The molecule has 1 N–H and O–H groups in total. The summed E-state index contributed by atoms with van der Waals surface area (Å²) in [5, 5.41) is -0.652. The molecule has 0 radical (unpaired) electrons. The van der Waals surface area contributed by atoms with Crippen LogP contribution in [0.25, 0.3) is 0 Å². The average Bonchev–Trinajstić information content (AvgIpc) is 2.89. The molecule has 6 heteroatoms. The number of halogens is 1. The number of nitrogens with one attached hydrogen (secondary N) is 1. The van der Waals surface area contributed by atoms with Crippen molar-refractivity contribution in [3.05, 3.63) is 78.1 Å². The molecular formula is C20H19FNO3S+. The van der Waals surface area contributed by atoms with Gasteiger partial charge in [0.15, 0.2) is 15.9 Å². The van der Waals surface area contributed by atoms with Gasteiger partial charge in [-0.3, -0.25) is 4.79 Å². The molecular weight excluding hydrogens is 353 g/mol. The predicted molar refractivity (Wildman–Crippen MR) is 94.8 cm³/mol. The molecule has 0 amide bonds. The van der Waals surface area contributed by atoms with E-state index in [1.165, 1.54) is 18.2 Å². The van der Waals surface area contributed by atoms with E-state index in [0.717, 1.165) is 10.5 Å². The number of carbonyl (C=O) groups excluding carboxylic acids is 1. The van der Waals surface area contributed by atoms with Gasteiger partial charge in [-0.15, -0.1) is 0 Å². The van der Waals surface area contributed by atoms with Crippen molar-refractivity contribution in [1.82, 2.24) is 0 Å². The normalized spacial score (nSPS) is 27.7. The van der Waals surface area contributed by atoms with Crippen molar-refractivity contribution in [2.75, 3.05) is 0 Å². The number of hydrogen-bond acceptors (Lipinski definition) is 3. The number of carbonyl (C=O) groups is 1. The second kappa shape index (κ2) is 6.45. The molecule has 0 saturated carbocycles. The summed E-state index contributed by atoms with van der Waals surface area (Å²) in [4.78, 5) is 13.5. The zero-order valence-electron chi connectivity index (χ0n) is 14.0. The summed E-state index contributed by atoms with van der Waals surface area (Å²) in [5.41, 5.74) is 0.760. The van der Waals surface area contributed by atoms with Gasteiger partial charge in [0, 0.05) is 12.0 Å². The fourth-order valence-electron chi connectivity index (χ4n) is 4.09. The van der Waals surface area contributed by atoms with E-state index in [4.69, 9.17) is 0 Å². The minimum absolute atomic E-state index is 0.0570. The second-order valence-electron chi connectivity index (χ2n) is 6.85. The maximum atomic E-state index is 13.5. The lowest BCUT2D eigenvalue weighted by Gasteiger charge is -2.28. The summed E-state index contributed by atoms with van der Waals surface area (Å²) in [6.45, 7) is 0.421. The first-order valence-corrected chi connectivity index (χ1v) is 10.1. The van der Waals surface area contributed by atoms with Crippen molar-refractivity contribution in [2.45, 2.75) is 35.2 Å². The third-order valence-electron chi connectivity index (χ3n) is 5.32. The largest absolute Gasteiger partial charge is 0.315 e. The van der Waals surface area contributed by atoms with E-state index in [9.17, 15) is 17.6 Å². The van der Waals surface area contributed by atoms with Crippen LogP contribution in [-0.4, -0.2) is 31.5 Å². The smallest absolute Gasteiger partial charge is 0.212 e. The Morgan fingerprint density at radius 3 is 2.58 bits per heavy atom. The first-order valence-electron chi connectivity index (χ1n) is 8.58. The van der Waals surface area contributed by atoms with Crippen LogP contribution in [0.15, 0.2) is 71.6 Å². The van der Waals surface area contributed by atoms with Crippen molar-refractivity contribution in [1.29, 1.82) is 0 Å². The van der Waals surface area contributed by atoms with Crippen molar-refractivity contribution in [3.63, 3.8) is 0 Å². The predicted octanol–water partition coefficient (Wildman–Crippen LogP) is 1.33. The van der Waals surface area contributed by atoms with Gasteiger partial charge in [-0.1, -0.05) is 30.3 Å². The van der Waals surface area contributed by atoms with Gasteiger partial charge in [0.05, 0.1) is 4.90 Å². The van der Waals surface area contributed by atoms with Crippen LogP contribution in [0.5, 0.6) is 0 Å². The highest BCUT2D eigenvalue weighted by Crippen LogP contribution is 2.28. The summed E-state index contributed by atoms with van der Waals surface area (Å²) < 4.78 is 39.7. The van der Waals surface area contributed by atoms with Gasteiger partial charge in [-0.05, 0) is 36.4 Å². The third-order valence-corrected chi connectivity index (χ3v) is 7.54. The Balaban J connectivity index is 1.68. The first-order chi connectivity index (χ1) is 12.5. The summed E-state index contributed by atoms with van der Waals surface area (Å²) >= 11 is 0. The van der Waals surface area contributed by atoms with Crippen LogP contribution < -0.4 is 4.90 Å². The topological polar surface area (TPSA) is 55.6 Å². The maximum Gasteiger partial charge on any atom is 0.212 e. The van der Waals surface area contributed by atoms with Gasteiger partial charge in [-0.25, -0.2) is 12.8 Å². The molecule has 0 aliphatic carbocycles. The van der Waals surface area contributed by atoms with Gasteiger partial charge in [0.1, 0.15) is 23.7 Å². The molecule has 2 aromatic carbocycles. The van der Waals surface area contributed by atoms with Crippen LogP contribution >= 0.6 is 0 Å². The number of quaternary nitrogens is 1. The lowest BCUT2D eigenvalue weighted by Crippen LogP contribution is -3.17. The van der Waals surface area contributed by atoms with Crippen LogP contribution in [0, 0.1) is 5.82 Å². The summed E-state index contributed by atoms with van der Waals surface area (Å²) in [5.74, 6) is -0.389. The van der Waals surface area contributed by atoms with Crippen LogP contribution in [0.3, 0.4) is 0 Å². The fourth-order valence-corrected chi connectivity index (χ4v) is 6.07. The minimum atomic E-state index is -3.55. The van der Waals surface area contributed by atoms with Crippen LogP contribution in [0.4, 0.5) is 4.39 Å². The molecule has 0 spiro atoms. The number of rotatable bonds is 4. The molecule has 4 nitrogen and oxygen atoms in total. The third kappa shape index (κ3) is 2.89. The zero-order chi connectivity index (χ0) is 18.3. The zero-order valence-corrected chi connectivity index (χ0v) is 14.8. The summed E-state index contributed by atoms with van der Waals surface area (Å²) in [6, 6.07) is 13.9. The number of sulfone groups is 1. The molecule has 26 heavy (non-hydrogen) atoms. The van der Waals surface area contributed by atoms with E-state index in [-0.39, 0.29) is 22.5 Å². The van der Waals surface area contributed by atoms with Gasteiger partial charge in [0.25, 0.3) is 0 Å². The van der Waals surface area contributed by atoms with Crippen LogP contribution in [0.1, 0.15) is 12.0 Å². The molecule has 2 aliphatic rings. The van der Waals surface area contributed by atoms with Crippen LogP contribution in [0.2, 0.25) is 0 Å². The summed E-state index contributed by atoms with van der Waals surface area (Å²) in [7, 11) is -3.55. The standard InChI is InChI=1S/C20H18FNO3S/c21-15-6-4-5-14(11-15)13-22-17-9-10-19(23)18(22)12-20(17)26(24,25)16-7-2-1-3-8-16/h1-11,17-18,20H,12-13H2/p+1/t17-,18-,20-/m0/s1. The number of hydrogen-bond donors (Lipinski definition) is 1. The van der Waals surface area contributed by atoms with Crippen molar-refractivity contribution in [2.24, 2.45) is 0 Å². The van der Waals surface area contributed by atoms with Gasteiger partial charge in [-0.2, -0.15) is 0 Å². The van der Waals surface area contributed by atoms with E-state index in [0.29, 0.717) is 13.0 Å².